The first-order chi connectivity index (χ1) is 11.7. The first-order valence-electron chi connectivity index (χ1n) is 7.70. The minimum Gasteiger partial charge on any atom is -0.359 e. The van der Waals surface area contributed by atoms with Crippen LogP contribution in [0.4, 0.5) is 5.69 Å². The third kappa shape index (κ3) is 2.65. The molecule has 0 bridgehead atoms. The second kappa shape index (κ2) is 6.05. The number of para-hydroxylation sites is 1. The molecular formula is C18H16N4OS. The smallest absolute Gasteiger partial charge is 0.258 e. The number of pyridine rings is 1. The SMILES string of the molecule is Cc1nc(C2Nc3ccccc3C(=O)N2Cc2cccnc2)cs1. The van der Waals surface area contributed by atoms with Crippen LogP contribution in [0.1, 0.15) is 32.8 Å². The standard InChI is InChI=1S/C18H16N4OS/c1-12-20-16(11-24-12)17-21-15-7-3-2-6-14(15)18(23)22(17)10-13-5-4-8-19-9-13/h2-9,11,17,21H,10H2,1H3. The maximum Gasteiger partial charge on any atom is 0.258 e. The van der Waals surface area contributed by atoms with Crippen LogP contribution in [0.3, 0.4) is 0 Å². The number of thiazole rings is 1. The number of hydrogen-bond acceptors (Lipinski definition) is 5. The number of nitrogens with zero attached hydrogens (tertiary/aromatic N) is 3. The molecule has 4 rings (SSSR count). The fraction of sp³-hybridized carbons (Fsp3) is 0.167. The number of amides is 1. The van der Waals surface area contributed by atoms with E-state index in [4.69, 9.17) is 0 Å². The van der Waals surface area contributed by atoms with Crippen LogP contribution in [0.25, 0.3) is 0 Å². The summed E-state index contributed by atoms with van der Waals surface area (Å²) >= 11 is 1.59. The molecule has 3 aromatic rings. The molecule has 1 aliphatic rings. The summed E-state index contributed by atoms with van der Waals surface area (Å²) in [6.45, 7) is 2.45. The van der Waals surface area contributed by atoms with E-state index in [-0.39, 0.29) is 12.1 Å². The minimum atomic E-state index is -0.280. The van der Waals surface area contributed by atoms with Gasteiger partial charge in [0.15, 0.2) is 0 Å². The minimum absolute atomic E-state index is 0.00357. The van der Waals surface area contributed by atoms with Crippen LogP contribution in [-0.2, 0) is 6.54 Å². The lowest BCUT2D eigenvalue weighted by molar-refractivity contribution is 0.0663. The number of anilines is 1. The van der Waals surface area contributed by atoms with E-state index in [0.717, 1.165) is 22.0 Å². The van der Waals surface area contributed by atoms with Gasteiger partial charge in [-0.1, -0.05) is 18.2 Å². The number of carbonyl (C=O) groups is 1. The summed E-state index contributed by atoms with van der Waals surface area (Å²) in [5.41, 5.74) is 3.39. The predicted molar refractivity (Wildman–Crippen MR) is 93.8 cm³/mol. The zero-order valence-corrected chi connectivity index (χ0v) is 14.0. The van der Waals surface area contributed by atoms with Gasteiger partial charge >= 0.3 is 0 Å². The van der Waals surface area contributed by atoms with Gasteiger partial charge in [-0.3, -0.25) is 9.78 Å². The van der Waals surface area contributed by atoms with Crippen LogP contribution >= 0.6 is 11.3 Å². The molecule has 3 heterocycles. The molecule has 24 heavy (non-hydrogen) atoms. The second-order valence-corrected chi connectivity index (χ2v) is 6.74. The summed E-state index contributed by atoms with van der Waals surface area (Å²) in [5.74, 6) is 0.00357. The molecule has 1 aliphatic heterocycles. The lowest BCUT2D eigenvalue weighted by atomic mass is 10.1. The molecule has 1 amide bonds. The highest BCUT2D eigenvalue weighted by atomic mass is 32.1. The van der Waals surface area contributed by atoms with Gasteiger partial charge in [-0.15, -0.1) is 11.3 Å². The molecule has 5 nitrogen and oxygen atoms in total. The average Bonchev–Trinajstić information content (AvgIpc) is 3.04. The number of aryl methyl sites for hydroxylation is 1. The molecule has 120 valence electrons. The van der Waals surface area contributed by atoms with Crippen LogP contribution in [0.5, 0.6) is 0 Å². The third-order valence-electron chi connectivity index (χ3n) is 4.01. The van der Waals surface area contributed by atoms with Crippen molar-refractivity contribution in [2.75, 3.05) is 5.32 Å². The summed E-state index contributed by atoms with van der Waals surface area (Å²) < 4.78 is 0. The molecule has 6 heteroatoms. The molecule has 1 atom stereocenters. The Bertz CT molecular complexity index is 877. The number of rotatable bonds is 3. The Morgan fingerprint density at radius 1 is 1.25 bits per heavy atom. The molecule has 1 unspecified atom stereocenters. The van der Waals surface area contributed by atoms with Crippen LogP contribution < -0.4 is 5.32 Å². The fourth-order valence-corrected chi connectivity index (χ4v) is 3.51. The van der Waals surface area contributed by atoms with Crippen molar-refractivity contribution in [3.05, 3.63) is 76.0 Å². The number of carbonyl (C=O) groups excluding carboxylic acids is 1. The van der Waals surface area contributed by atoms with Crippen molar-refractivity contribution in [3.8, 4) is 0 Å². The van der Waals surface area contributed by atoms with E-state index in [1.165, 1.54) is 0 Å². The summed E-state index contributed by atoms with van der Waals surface area (Å²) in [4.78, 5) is 23.6. The quantitative estimate of drug-likeness (QED) is 0.794. The van der Waals surface area contributed by atoms with E-state index in [2.05, 4.69) is 15.3 Å². The summed E-state index contributed by atoms with van der Waals surface area (Å²) in [6.07, 6.45) is 3.24. The zero-order chi connectivity index (χ0) is 16.5. The third-order valence-corrected chi connectivity index (χ3v) is 4.81. The zero-order valence-electron chi connectivity index (χ0n) is 13.1. The highest BCUT2D eigenvalue weighted by Crippen LogP contribution is 2.34. The van der Waals surface area contributed by atoms with E-state index < -0.39 is 0 Å². The Morgan fingerprint density at radius 2 is 2.12 bits per heavy atom. The van der Waals surface area contributed by atoms with Gasteiger partial charge in [-0.25, -0.2) is 4.98 Å². The van der Waals surface area contributed by atoms with Gasteiger partial charge in [0.2, 0.25) is 0 Å². The van der Waals surface area contributed by atoms with Gasteiger partial charge in [0.1, 0.15) is 6.17 Å². The van der Waals surface area contributed by atoms with Gasteiger partial charge in [-0.2, -0.15) is 0 Å². The molecule has 1 aromatic carbocycles. The van der Waals surface area contributed by atoms with Gasteiger partial charge in [-0.05, 0) is 30.7 Å². The van der Waals surface area contributed by atoms with E-state index in [1.54, 1.807) is 23.7 Å². The summed E-state index contributed by atoms with van der Waals surface area (Å²) in [5, 5.41) is 6.45. The number of nitrogens with one attached hydrogen (secondary N) is 1. The molecular weight excluding hydrogens is 320 g/mol. The van der Waals surface area contributed by atoms with Gasteiger partial charge in [0, 0.05) is 30.0 Å². The molecule has 1 N–H and O–H groups in total. The largest absolute Gasteiger partial charge is 0.359 e. The van der Waals surface area contributed by atoms with Crippen LogP contribution in [0.15, 0.2) is 54.2 Å². The van der Waals surface area contributed by atoms with Crippen molar-refractivity contribution in [1.29, 1.82) is 0 Å². The summed E-state index contributed by atoms with van der Waals surface area (Å²) in [6, 6.07) is 11.5. The van der Waals surface area contributed by atoms with Crippen molar-refractivity contribution in [2.24, 2.45) is 0 Å². The fourth-order valence-electron chi connectivity index (χ4n) is 2.88. The van der Waals surface area contributed by atoms with Gasteiger partial charge in [0.25, 0.3) is 5.91 Å². The lowest BCUT2D eigenvalue weighted by Crippen LogP contribution is -2.42. The molecule has 0 fully saturated rings. The first-order valence-corrected chi connectivity index (χ1v) is 8.58. The van der Waals surface area contributed by atoms with E-state index in [0.29, 0.717) is 12.1 Å². The highest BCUT2D eigenvalue weighted by Gasteiger charge is 2.34. The monoisotopic (exact) mass is 336 g/mol. The number of aromatic nitrogens is 2. The average molecular weight is 336 g/mol. The van der Waals surface area contributed by atoms with Crippen LogP contribution in [0.2, 0.25) is 0 Å². The topological polar surface area (TPSA) is 58.1 Å². The molecule has 0 saturated carbocycles. The summed E-state index contributed by atoms with van der Waals surface area (Å²) in [7, 11) is 0. The van der Waals surface area contributed by atoms with Crippen LogP contribution in [-0.4, -0.2) is 20.8 Å². The van der Waals surface area contributed by atoms with Gasteiger partial charge < -0.3 is 10.2 Å². The van der Waals surface area contributed by atoms with Crippen molar-refractivity contribution in [2.45, 2.75) is 19.6 Å². The molecule has 2 aromatic heterocycles. The molecule has 0 radical (unpaired) electrons. The number of fused-ring (bicyclic) bond motifs is 1. The van der Waals surface area contributed by atoms with Crippen molar-refractivity contribution in [1.82, 2.24) is 14.9 Å². The lowest BCUT2D eigenvalue weighted by Gasteiger charge is -2.37. The Labute approximate surface area is 144 Å². The Kier molecular flexibility index (Phi) is 3.74. The van der Waals surface area contributed by atoms with Gasteiger partial charge in [0.05, 0.1) is 16.3 Å². The Morgan fingerprint density at radius 3 is 2.88 bits per heavy atom. The van der Waals surface area contributed by atoms with E-state index >= 15 is 0 Å². The molecule has 0 saturated heterocycles. The van der Waals surface area contributed by atoms with Crippen molar-refractivity contribution >= 4 is 22.9 Å². The van der Waals surface area contributed by atoms with Crippen LogP contribution in [0, 0.1) is 6.92 Å². The molecule has 0 aliphatic carbocycles. The first kappa shape index (κ1) is 14.8. The predicted octanol–water partition coefficient (Wildman–Crippen LogP) is 3.61. The van der Waals surface area contributed by atoms with E-state index in [1.807, 2.05) is 53.6 Å². The normalized spacial score (nSPS) is 16.6. The van der Waals surface area contributed by atoms with E-state index in [9.17, 15) is 4.79 Å². The Balaban J connectivity index is 1.75. The maximum absolute atomic E-state index is 13.1. The number of benzene rings is 1. The Hall–Kier alpha value is -2.73. The highest BCUT2D eigenvalue weighted by molar-refractivity contribution is 7.09. The van der Waals surface area contributed by atoms with Crippen molar-refractivity contribution in [3.63, 3.8) is 0 Å². The maximum atomic E-state index is 13.1. The molecule has 0 spiro atoms. The second-order valence-electron chi connectivity index (χ2n) is 5.68. The number of hydrogen-bond donors (Lipinski definition) is 1. The van der Waals surface area contributed by atoms with Crippen molar-refractivity contribution < 1.29 is 4.79 Å².